The second kappa shape index (κ2) is 4.76. The molecule has 0 spiro atoms. The Balaban J connectivity index is 3.17. The second-order valence-electron chi connectivity index (χ2n) is 2.78. The molecule has 5 heteroatoms. The number of hydrogen-bond donors (Lipinski definition) is 0. The van der Waals surface area contributed by atoms with Gasteiger partial charge >= 0.3 is 5.97 Å². The third-order valence-corrected chi connectivity index (χ3v) is 2.17. The van der Waals surface area contributed by atoms with Crippen molar-refractivity contribution in [2.75, 3.05) is 7.11 Å². The fraction of sp³-hybridized carbons (Fsp3) is 0.200. The van der Waals surface area contributed by atoms with E-state index in [2.05, 4.69) is 4.74 Å². The van der Waals surface area contributed by atoms with Crippen molar-refractivity contribution in [2.24, 2.45) is 0 Å². The lowest BCUT2D eigenvalue weighted by Gasteiger charge is -2.05. The molecule has 1 aromatic rings. The van der Waals surface area contributed by atoms with Crippen molar-refractivity contribution in [1.29, 1.82) is 5.26 Å². The van der Waals surface area contributed by atoms with Crippen molar-refractivity contribution in [3.63, 3.8) is 0 Å². The highest BCUT2D eigenvalue weighted by atomic mass is 35.5. The molecule has 0 amide bonds. The first kappa shape index (κ1) is 11.5. The normalized spacial score (nSPS) is 9.47. The molecular formula is C10H7ClFNO2. The molecule has 0 N–H and O–H groups in total. The van der Waals surface area contributed by atoms with E-state index in [-0.39, 0.29) is 22.6 Å². The van der Waals surface area contributed by atoms with E-state index in [4.69, 9.17) is 16.9 Å². The average molecular weight is 228 g/mol. The van der Waals surface area contributed by atoms with Crippen molar-refractivity contribution >= 4 is 17.6 Å². The first-order chi connectivity index (χ1) is 7.08. The fourth-order valence-corrected chi connectivity index (χ4v) is 1.37. The van der Waals surface area contributed by atoms with Crippen LogP contribution in [0.1, 0.15) is 11.1 Å². The van der Waals surface area contributed by atoms with Crippen LogP contribution in [0.3, 0.4) is 0 Å². The van der Waals surface area contributed by atoms with Crippen LogP contribution in [0.2, 0.25) is 5.02 Å². The van der Waals surface area contributed by atoms with Crippen molar-refractivity contribution in [3.8, 4) is 6.07 Å². The molecule has 0 radical (unpaired) electrons. The summed E-state index contributed by atoms with van der Waals surface area (Å²) in [5.74, 6) is -1.13. The van der Waals surface area contributed by atoms with E-state index in [1.807, 2.05) is 0 Å². The zero-order valence-corrected chi connectivity index (χ0v) is 8.64. The second-order valence-corrected chi connectivity index (χ2v) is 3.19. The van der Waals surface area contributed by atoms with Gasteiger partial charge in [0, 0.05) is 5.02 Å². The Morgan fingerprint density at radius 1 is 1.67 bits per heavy atom. The monoisotopic (exact) mass is 227 g/mol. The summed E-state index contributed by atoms with van der Waals surface area (Å²) in [6.07, 6.45) is -0.140. The quantitative estimate of drug-likeness (QED) is 0.727. The molecule has 0 unspecified atom stereocenters. The maximum absolute atomic E-state index is 12.9. The van der Waals surface area contributed by atoms with E-state index in [0.29, 0.717) is 0 Å². The number of ether oxygens (including phenoxy) is 1. The van der Waals surface area contributed by atoms with Gasteiger partial charge in [-0.25, -0.2) is 4.39 Å². The lowest BCUT2D eigenvalue weighted by Crippen LogP contribution is -2.07. The molecular weight excluding hydrogens is 221 g/mol. The van der Waals surface area contributed by atoms with Crippen LogP contribution in [-0.4, -0.2) is 13.1 Å². The smallest absolute Gasteiger partial charge is 0.310 e. The van der Waals surface area contributed by atoms with E-state index in [1.54, 1.807) is 6.07 Å². The molecule has 0 bridgehead atoms. The average Bonchev–Trinajstić information content (AvgIpc) is 2.21. The molecule has 0 aliphatic rings. The van der Waals surface area contributed by atoms with Crippen LogP contribution in [0.4, 0.5) is 4.39 Å². The number of nitrogens with zero attached hydrogens (tertiary/aromatic N) is 1. The first-order valence-electron chi connectivity index (χ1n) is 4.03. The lowest BCUT2D eigenvalue weighted by atomic mass is 10.1. The van der Waals surface area contributed by atoms with Gasteiger partial charge in [0.1, 0.15) is 5.82 Å². The molecule has 0 heterocycles. The maximum Gasteiger partial charge on any atom is 0.310 e. The summed E-state index contributed by atoms with van der Waals surface area (Å²) >= 11 is 5.72. The van der Waals surface area contributed by atoms with Crippen LogP contribution in [0.25, 0.3) is 0 Å². The Labute approximate surface area is 91.0 Å². The number of benzene rings is 1. The number of halogens is 2. The van der Waals surface area contributed by atoms with Crippen molar-refractivity contribution in [1.82, 2.24) is 0 Å². The summed E-state index contributed by atoms with van der Waals surface area (Å²) < 4.78 is 17.3. The van der Waals surface area contributed by atoms with Gasteiger partial charge in [0.25, 0.3) is 0 Å². The van der Waals surface area contributed by atoms with Gasteiger partial charge < -0.3 is 4.74 Å². The van der Waals surface area contributed by atoms with Crippen LogP contribution in [0.15, 0.2) is 12.1 Å². The minimum Gasteiger partial charge on any atom is -0.469 e. The standard InChI is InChI=1S/C10H7ClFNO2/c1-15-10(14)4-8-6(5-13)2-7(12)3-9(8)11/h2-3H,4H2,1H3. The highest BCUT2D eigenvalue weighted by Gasteiger charge is 2.13. The van der Waals surface area contributed by atoms with Gasteiger partial charge in [0.05, 0.1) is 25.2 Å². The summed E-state index contributed by atoms with van der Waals surface area (Å²) in [6, 6.07) is 3.86. The van der Waals surface area contributed by atoms with Crippen molar-refractivity contribution < 1.29 is 13.9 Å². The molecule has 0 aliphatic heterocycles. The predicted molar refractivity (Wildman–Crippen MR) is 51.8 cm³/mol. The number of carbonyl (C=O) groups excluding carboxylic acids is 1. The molecule has 0 fully saturated rings. The zero-order chi connectivity index (χ0) is 11.4. The van der Waals surface area contributed by atoms with Gasteiger partial charge in [-0.15, -0.1) is 0 Å². The minimum absolute atomic E-state index is 0.0467. The van der Waals surface area contributed by atoms with Crippen LogP contribution in [0.5, 0.6) is 0 Å². The number of methoxy groups -OCH3 is 1. The Morgan fingerprint density at radius 2 is 2.33 bits per heavy atom. The Morgan fingerprint density at radius 3 is 2.87 bits per heavy atom. The molecule has 78 valence electrons. The van der Waals surface area contributed by atoms with Crippen LogP contribution in [0, 0.1) is 17.1 Å². The van der Waals surface area contributed by atoms with Gasteiger partial charge in [-0.1, -0.05) is 11.6 Å². The van der Waals surface area contributed by atoms with E-state index in [1.165, 1.54) is 7.11 Å². The van der Waals surface area contributed by atoms with Gasteiger partial charge in [-0.3, -0.25) is 4.79 Å². The highest BCUT2D eigenvalue weighted by molar-refractivity contribution is 6.31. The van der Waals surface area contributed by atoms with E-state index >= 15 is 0 Å². The fourth-order valence-electron chi connectivity index (χ4n) is 1.10. The van der Waals surface area contributed by atoms with Crippen LogP contribution >= 0.6 is 11.6 Å². The van der Waals surface area contributed by atoms with Crippen LogP contribution in [-0.2, 0) is 16.0 Å². The number of rotatable bonds is 2. The molecule has 0 saturated carbocycles. The van der Waals surface area contributed by atoms with Gasteiger partial charge in [-0.2, -0.15) is 5.26 Å². The molecule has 0 atom stereocenters. The highest BCUT2D eigenvalue weighted by Crippen LogP contribution is 2.22. The van der Waals surface area contributed by atoms with Crippen molar-refractivity contribution in [3.05, 3.63) is 34.1 Å². The summed E-state index contributed by atoms with van der Waals surface area (Å²) in [7, 11) is 1.23. The van der Waals surface area contributed by atoms with Gasteiger partial charge in [-0.05, 0) is 17.7 Å². The Kier molecular flexibility index (Phi) is 3.64. The molecule has 0 saturated heterocycles. The summed E-state index contributed by atoms with van der Waals surface area (Å²) in [5.41, 5.74) is 0.331. The summed E-state index contributed by atoms with van der Waals surface area (Å²) in [4.78, 5) is 11.0. The molecule has 15 heavy (non-hydrogen) atoms. The SMILES string of the molecule is COC(=O)Cc1c(Cl)cc(F)cc1C#N. The molecule has 0 aliphatic carbocycles. The number of nitriles is 1. The molecule has 1 aromatic carbocycles. The third-order valence-electron chi connectivity index (χ3n) is 1.83. The topological polar surface area (TPSA) is 50.1 Å². The largest absolute Gasteiger partial charge is 0.469 e. The van der Waals surface area contributed by atoms with Crippen molar-refractivity contribution in [2.45, 2.75) is 6.42 Å². The summed E-state index contributed by atoms with van der Waals surface area (Å²) in [6.45, 7) is 0. The third kappa shape index (κ3) is 2.67. The van der Waals surface area contributed by atoms with E-state index in [0.717, 1.165) is 12.1 Å². The molecule has 3 nitrogen and oxygen atoms in total. The summed E-state index contributed by atoms with van der Waals surface area (Å²) in [5, 5.41) is 8.78. The van der Waals surface area contributed by atoms with Crippen LogP contribution < -0.4 is 0 Å². The number of carbonyl (C=O) groups is 1. The van der Waals surface area contributed by atoms with E-state index < -0.39 is 11.8 Å². The predicted octanol–water partition coefficient (Wildman–Crippen LogP) is 2.07. The number of hydrogen-bond acceptors (Lipinski definition) is 3. The Hall–Kier alpha value is -1.60. The van der Waals surface area contributed by atoms with E-state index in [9.17, 15) is 9.18 Å². The zero-order valence-electron chi connectivity index (χ0n) is 7.88. The van der Waals surface area contributed by atoms with Gasteiger partial charge in [0.2, 0.25) is 0 Å². The maximum atomic E-state index is 12.9. The Bertz CT molecular complexity index is 440. The first-order valence-corrected chi connectivity index (χ1v) is 4.41. The minimum atomic E-state index is -0.606. The number of esters is 1. The van der Waals surface area contributed by atoms with Gasteiger partial charge in [0.15, 0.2) is 0 Å². The molecule has 1 rings (SSSR count). The molecule has 0 aromatic heterocycles. The lowest BCUT2D eigenvalue weighted by molar-refractivity contribution is -0.139.